The van der Waals surface area contributed by atoms with Crippen LogP contribution >= 0.6 is 23.2 Å². The van der Waals surface area contributed by atoms with Gasteiger partial charge in [0.25, 0.3) is 15.9 Å². The third-order valence-electron chi connectivity index (χ3n) is 6.29. The molecule has 0 spiro atoms. The van der Waals surface area contributed by atoms with Crippen LogP contribution in [0, 0.1) is 0 Å². The van der Waals surface area contributed by atoms with Crippen molar-refractivity contribution in [2.45, 2.75) is 15.2 Å². The summed E-state index contributed by atoms with van der Waals surface area (Å²) in [4.78, 5) is 14.6. The van der Waals surface area contributed by atoms with Crippen LogP contribution in [0.3, 0.4) is 0 Å². The molecule has 0 saturated carbocycles. The van der Waals surface area contributed by atoms with Crippen molar-refractivity contribution in [3.8, 4) is 0 Å². The molecule has 218 valence electrons. The van der Waals surface area contributed by atoms with Crippen LogP contribution in [0.2, 0.25) is 10.0 Å². The first-order valence-electron chi connectivity index (χ1n) is 12.0. The fourth-order valence-corrected chi connectivity index (χ4v) is 8.39. The van der Waals surface area contributed by atoms with Crippen LogP contribution in [-0.4, -0.2) is 66.0 Å². The second kappa shape index (κ2) is 12.1. The van der Waals surface area contributed by atoms with Crippen LogP contribution in [0.4, 0.5) is 11.4 Å². The number of halogens is 2. The summed E-state index contributed by atoms with van der Waals surface area (Å²) in [5.41, 5.74) is 0.136. The predicted octanol–water partition coefficient (Wildman–Crippen LogP) is 4.06. The number of nitrogens with one attached hydrogen (secondary N) is 2. The molecule has 0 aliphatic carbocycles. The van der Waals surface area contributed by atoms with E-state index in [-0.39, 0.29) is 56.3 Å². The smallest absolute Gasteiger partial charge is 0.261 e. The minimum absolute atomic E-state index is 0.0292. The normalized spacial score (nSPS) is 16.4. The van der Waals surface area contributed by atoms with Gasteiger partial charge in [-0.15, -0.1) is 6.58 Å². The molecule has 15 heteroatoms. The van der Waals surface area contributed by atoms with Gasteiger partial charge in [-0.1, -0.05) is 29.3 Å². The van der Waals surface area contributed by atoms with Crippen LogP contribution in [0.25, 0.3) is 0 Å². The number of nitrogens with zero attached hydrogens (tertiary/aromatic N) is 1. The maximum Gasteiger partial charge on any atom is 0.261 e. The lowest BCUT2D eigenvalue weighted by Crippen LogP contribution is -2.48. The number of hydrogen-bond acceptors (Lipinski definition) is 8. The average molecular weight is 659 g/mol. The van der Waals surface area contributed by atoms with Gasteiger partial charge in [-0.3, -0.25) is 14.4 Å². The van der Waals surface area contributed by atoms with Crippen molar-refractivity contribution < 1.29 is 30.0 Å². The summed E-state index contributed by atoms with van der Waals surface area (Å²) in [6, 6.07) is 14.9. The molecule has 2 N–H and O–H groups in total. The number of hydrogen-bond donors (Lipinski definition) is 2. The van der Waals surface area contributed by atoms with Gasteiger partial charge in [-0.25, -0.2) is 25.3 Å². The maximum absolute atomic E-state index is 13.3. The SMILES string of the molecule is C=CC(N1CCS(=O)(=O)CC1)S(=O)(=O)c1ccc(NC(=O)c2cc(Cl)ccc2NS(=O)(=O)c2ccc(Cl)cc2)cc1. The van der Waals surface area contributed by atoms with Crippen molar-refractivity contribution >= 4 is 70.2 Å². The molecule has 1 amide bonds. The van der Waals surface area contributed by atoms with E-state index in [0.717, 1.165) is 0 Å². The number of anilines is 2. The van der Waals surface area contributed by atoms with Gasteiger partial charge in [0.15, 0.2) is 19.7 Å². The Bertz CT molecular complexity index is 1780. The molecule has 0 bridgehead atoms. The molecule has 10 nitrogen and oxygen atoms in total. The molecule has 1 unspecified atom stereocenters. The Morgan fingerprint density at radius 2 is 1.44 bits per heavy atom. The molecule has 0 radical (unpaired) electrons. The fourth-order valence-electron chi connectivity index (χ4n) is 4.13. The Balaban J connectivity index is 1.53. The van der Waals surface area contributed by atoms with E-state index in [0.29, 0.717) is 5.02 Å². The summed E-state index contributed by atoms with van der Waals surface area (Å²) < 4.78 is 78.2. The van der Waals surface area contributed by atoms with Gasteiger partial charge >= 0.3 is 0 Å². The number of sulfonamides is 1. The molecule has 1 aliphatic rings. The Kier molecular flexibility index (Phi) is 9.16. The van der Waals surface area contributed by atoms with E-state index in [1.54, 1.807) is 4.90 Å². The van der Waals surface area contributed by atoms with Crippen molar-refractivity contribution in [3.05, 3.63) is 95.0 Å². The second-order valence-electron chi connectivity index (χ2n) is 9.09. The first-order chi connectivity index (χ1) is 19.2. The lowest BCUT2D eigenvalue weighted by molar-refractivity contribution is 0.102. The molecule has 1 saturated heterocycles. The Morgan fingerprint density at radius 3 is 2.02 bits per heavy atom. The second-order valence-corrected chi connectivity index (χ2v) is 16.0. The van der Waals surface area contributed by atoms with Gasteiger partial charge in [0.1, 0.15) is 5.37 Å². The van der Waals surface area contributed by atoms with Gasteiger partial charge in [-0.2, -0.15) is 0 Å². The van der Waals surface area contributed by atoms with E-state index >= 15 is 0 Å². The minimum Gasteiger partial charge on any atom is -0.322 e. The summed E-state index contributed by atoms with van der Waals surface area (Å²) >= 11 is 11.9. The lowest BCUT2D eigenvalue weighted by atomic mass is 10.1. The zero-order valence-electron chi connectivity index (χ0n) is 21.3. The Hall–Kier alpha value is -2.94. The van der Waals surface area contributed by atoms with E-state index in [1.807, 2.05) is 0 Å². The third-order valence-corrected chi connectivity index (χ3v) is 11.8. The summed E-state index contributed by atoms with van der Waals surface area (Å²) in [6.07, 6.45) is 1.26. The largest absolute Gasteiger partial charge is 0.322 e. The van der Waals surface area contributed by atoms with Crippen molar-refractivity contribution in [1.29, 1.82) is 0 Å². The number of carbonyl (C=O) groups is 1. The summed E-state index contributed by atoms with van der Waals surface area (Å²) in [5.74, 6) is -0.978. The van der Waals surface area contributed by atoms with Gasteiger partial charge in [0.05, 0.1) is 32.5 Å². The van der Waals surface area contributed by atoms with Crippen molar-refractivity contribution in [1.82, 2.24) is 4.90 Å². The first-order valence-corrected chi connectivity index (χ1v) is 17.6. The third kappa shape index (κ3) is 7.29. The molecular formula is C26H25Cl2N3O7S3. The van der Waals surface area contributed by atoms with Crippen molar-refractivity contribution in [2.24, 2.45) is 0 Å². The minimum atomic E-state index is -4.06. The fraction of sp³-hybridized carbons (Fsp3) is 0.192. The zero-order valence-corrected chi connectivity index (χ0v) is 25.3. The van der Waals surface area contributed by atoms with E-state index in [1.165, 1.54) is 72.8 Å². The van der Waals surface area contributed by atoms with Crippen molar-refractivity contribution in [3.63, 3.8) is 0 Å². The average Bonchev–Trinajstić information content (AvgIpc) is 2.91. The number of sulfone groups is 2. The highest BCUT2D eigenvalue weighted by Gasteiger charge is 2.34. The highest BCUT2D eigenvalue weighted by molar-refractivity contribution is 7.93. The summed E-state index contributed by atoms with van der Waals surface area (Å²) in [7, 11) is -11.2. The highest BCUT2D eigenvalue weighted by atomic mass is 35.5. The molecule has 1 heterocycles. The van der Waals surface area contributed by atoms with Gasteiger partial charge < -0.3 is 5.32 Å². The molecule has 4 rings (SSSR count). The maximum atomic E-state index is 13.3. The number of benzene rings is 3. The Labute approximate surface area is 248 Å². The van der Waals surface area contributed by atoms with Crippen LogP contribution in [-0.2, 0) is 29.7 Å². The van der Waals surface area contributed by atoms with Gasteiger partial charge in [-0.05, 0) is 66.7 Å². The zero-order chi connectivity index (χ0) is 30.0. The monoisotopic (exact) mass is 657 g/mol. The summed E-state index contributed by atoms with van der Waals surface area (Å²) in [6.45, 7) is 3.76. The Morgan fingerprint density at radius 1 is 0.878 bits per heavy atom. The molecular weight excluding hydrogens is 633 g/mol. The van der Waals surface area contributed by atoms with E-state index in [9.17, 15) is 30.0 Å². The molecule has 0 aromatic heterocycles. The van der Waals surface area contributed by atoms with E-state index < -0.39 is 41.0 Å². The van der Waals surface area contributed by atoms with Crippen LogP contribution < -0.4 is 10.0 Å². The molecule has 41 heavy (non-hydrogen) atoms. The van der Waals surface area contributed by atoms with Gasteiger partial charge in [0, 0.05) is 28.8 Å². The number of rotatable bonds is 9. The molecule has 3 aromatic carbocycles. The lowest BCUT2D eigenvalue weighted by Gasteiger charge is -2.32. The van der Waals surface area contributed by atoms with E-state index in [4.69, 9.17) is 23.2 Å². The van der Waals surface area contributed by atoms with Crippen LogP contribution in [0.1, 0.15) is 10.4 Å². The summed E-state index contributed by atoms with van der Waals surface area (Å²) in [5, 5.41) is 2.03. The standard InChI is InChI=1S/C26H25Cl2N3O7S3/c1-2-25(31-13-15-39(33,34)16-14-31)40(35,36)21-10-6-20(7-11-21)29-26(32)23-17-19(28)5-12-24(23)30-41(37,38)22-8-3-18(27)4-9-22/h2-12,17,25,30H,1,13-16H2,(H,29,32). The topological polar surface area (TPSA) is 147 Å². The number of amides is 1. The molecule has 3 aromatic rings. The molecule has 1 atom stereocenters. The first kappa shape index (κ1) is 31.0. The molecule has 1 aliphatic heterocycles. The van der Waals surface area contributed by atoms with Gasteiger partial charge in [0.2, 0.25) is 0 Å². The van der Waals surface area contributed by atoms with Crippen molar-refractivity contribution in [2.75, 3.05) is 34.6 Å². The highest BCUT2D eigenvalue weighted by Crippen LogP contribution is 2.27. The molecule has 1 fully saturated rings. The van der Waals surface area contributed by atoms with Crippen LogP contribution in [0.5, 0.6) is 0 Å². The quantitative estimate of drug-likeness (QED) is 0.328. The predicted molar refractivity (Wildman–Crippen MR) is 160 cm³/mol. The van der Waals surface area contributed by atoms with E-state index in [2.05, 4.69) is 16.6 Å². The van der Waals surface area contributed by atoms with Crippen LogP contribution in [0.15, 0.2) is 89.2 Å². The number of carbonyl (C=O) groups excluding carboxylic acids is 1.